The van der Waals surface area contributed by atoms with E-state index >= 15 is 0 Å². The second kappa shape index (κ2) is 5.85. The molecule has 0 aliphatic carbocycles. The van der Waals surface area contributed by atoms with Crippen molar-refractivity contribution in [2.75, 3.05) is 25.1 Å². The third-order valence-electron chi connectivity index (χ3n) is 3.56. The Hall–Kier alpha value is -1.86. The van der Waals surface area contributed by atoms with Crippen molar-refractivity contribution in [2.24, 2.45) is 0 Å². The third-order valence-corrected chi connectivity index (χ3v) is 3.56. The van der Waals surface area contributed by atoms with Crippen molar-refractivity contribution in [1.29, 1.82) is 5.26 Å². The Morgan fingerprint density at radius 2 is 2.32 bits per heavy atom. The fourth-order valence-corrected chi connectivity index (χ4v) is 2.51. The van der Waals surface area contributed by atoms with E-state index in [1.807, 2.05) is 0 Å². The average molecular weight is 258 g/mol. The summed E-state index contributed by atoms with van der Waals surface area (Å²) in [7, 11) is 1.71. The first-order valence-corrected chi connectivity index (χ1v) is 6.48. The van der Waals surface area contributed by atoms with Gasteiger partial charge in [-0.25, -0.2) is 0 Å². The van der Waals surface area contributed by atoms with E-state index in [-0.39, 0.29) is 11.9 Å². The highest BCUT2D eigenvalue weighted by atomic mass is 16.5. The van der Waals surface area contributed by atoms with E-state index in [0.717, 1.165) is 31.6 Å². The number of hydrogen-bond acceptors (Lipinski definition) is 4. The molecule has 1 heterocycles. The number of ether oxygens (including phenoxy) is 1. The van der Waals surface area contributed by atoms with Gasteiger partial charge in [0.05, 0.1) is 17.7 Å². The molecule has 1 saturated heterocycles. The first-order chi connectivity index (χ1) is 9.15. The van der Waals surface area contributed by atoms with Gasteiger partial charge in [-0.15, -0.1) is 0 Å². The number of anilines is 1. The molecular weight excluding hydrogens is 240 g/mol. The molecule has 1 fully saturated rings. The number of piperidine rings is 1. The summed E-state index contributed by atoms with van der Waals surface area (Å²) in [6.07, 6.45) is 2.27. The minimum atomic E-state index is 0.0269. The molecule has 0 spiro atoms. The Bertz CT molecular complexity index is 519. The van der Waals surface area contributed by atoms with Crippen LogP contribution in [0.2, 0.25) is 0 Å². The SMILES string of the molecule is COC1CCCN(c2cc(C#N)ccc2C(C)=O)C1. The lowest BCUT2D eigenvalue weighted by Crippen LogP contribution is -2.39. The molecule has 1 aromatic rings. The summed E-state index contributed by atoms with van der Waals surface area (Å²) in [4.78, 5) is 13.9. The van der Waals surface area contributed by atoms with Gasteiger partial charge in [-0.2, -0.15) is 5.26 Å². The normalized spacial score (nSPS) is 19.0. The zero-order chi connectivity index (χ0) is 13.8. The first kappa shape index (κ1) is 13.6. The molecule has 4 nitrogen and oxygen atoms in total. The summed E-state index contributed by atoms with van der Waals surface area (Å²) in [6.45, 7) is 3.23. The number of nitriles is 1. The second-order valence-corrected chi connectivity index (χ2v) is 4.85. The van der Waals surface area contributed by atoms with Crippen molar-refractivity contribution >= 4 is 11.5 Å². The van der Waals surface area contributed by atoms with Gasteiger partial charge in [0.25, 0.3) is 0 Å². The molecule has 0 N–H and O–H groups in total. The fourth-order valence-electron chi connectivity index (χ4n) is 2.51. The number of ketones is 1. The second-order valence-electron chi connectivity index (χ2n) is 4.85. The summed E-state index contributed by atoms with van der Waals surface area (Å²) >= 11 is 0. The van der Waals surface area contributed by atoms with Crippen molar-refractivity contribution in [3.8, 4) is 6.07 Å². The van der Waals surface area contributed by atoms with Crippen LogP contribution in [0.25, 0.3) is 0 Å². The molecule has 1 atom stereocenters. The molecule has 1 aromatic carbocycles. The monoisotopic (exact) mass is 258 g/mol. The quantitative estimate of drug-likeness (QED) is 0.781. The molecule has 0 radical (unpaired) electrons. The van der Waals surface area contributed by atoms with E-state index < -0.39 is 0 Å². The molecular formula is C15H18N2O2. The highest BCUT2D eigenvalue weighted by molar-refractivity contribution is 6.00. The van der Waals surface area contributed by atoms with Crippen molar-refractivity contribution in [2.45, 2.75) is 25.9 Å². The Morgan fingerprint density at radius 3 is 2.95 bits per heavy atom. The Kier molecular flexibility index (Phi) is 4.18. The van der Waals surface area contributed by atoms with E-state index in [1.54, 1.807) is 32.2 Å². The standard InChI is InChI=1S/C15H18N2O2/c1-11(18)14-6-5-12(9-16)8-15(14)17-7-3-4-13(10-17)19-2/h5-6,8,13H,3-4,7,10H2,1-2H3. The number of hydrogen-bond donors (Lipinski definition) is 0. The molecule has 0 bridgehead atoms. The minimum Gasteiger partial charge on any atom is -0.380 e. The molecule has 0 saturated carbocycles. The van der Waals surface area contributed by atoms with Crippen LogP contribution in [0.4, 0.5) is 5.69 Å². The van der Waals surface area contributed by atoms with Gasteiger partial charge in [0.15, 0.2) is 5.78 Å². The molecule has 1 aliphatic heterocycles. The fraction of sp³-hybridized carbons (Fsp3) is 0.467. The number of rotatable bonds is 3. The summed E-state index contributed by atoms with van der Waals surface area (Å²) in [5.41, 5.74) is 2.11. The van der Waals surface area contributed by atoms with E-state index in [1.165, 1.54) is 0 Å². The largest absolute Gasteiger partial charge is 0.380 e. The van der Waals surface area contributed by atoms with Crippen LogP contribution in [-0.4, -0.2) is 32.1 Å². The summed E-state index contributed by atoms with van der Waals surface area (Å²) in [5.74, 6) is 0.0269. The maximum atomic E-state index is 11.7. The Balaban J connectivity index is 2.36. The predicted octanol–water partition coefficient (Wildman–Crippen LogP) is 2.38. The van der Waals surface area contributed by atoms with Crippen LogP contribution in [0, 0.1) is 11.3 Å². The van der Waals surface area contributed by atoms with Crippen LogP contribution in [0.5, 0.6) is 0 Å². The molecule has 19 heavy (non-hydrogen) atoms. The van der Waals surface area contributed by atoms with Crippen LogP contribution in [0.1, 0.15) is 35.7 Å². The summed E-state index contributed by atoms with van der Waals surface area (Å²) < 4.78 is 5.41. The van der Waals surface area contributed by atoms with Crippen LogP contribution in [-0.2, 0) is 4.74 Å². The van der Waals surface area contributed by atoms with E-state index in [9.17, 15) is 4.79 Å². The lowest BCUT2D eigenvalue weighted by molar-refractivity contribution is 0.0890. The van der Waals surface area contributed by atoms with Crippen molar-refractivity contribution in [3.63, 3.8) is 0 Å². The van der Waals surface area contributed by atoms with Crippen molar-refractivity contribution in [3.05, 3.63) is 29.3 Å². The van der Waals surface area contributed by atoms with Crippen LogP contribution in [0.3, 0.4) is 0 Å². The maximum absolute atomic E-state index is 11.7. The average Bonchev–Trinajstić information content (AvgIpc) is 2.46. The third kappa shape index (κ3) is 2.94. The van der Waals surface area contributed by atoms with Gasteiger partial charge in [0.1, 0.15) is 0 Å². The van der Waals surface area contributed by atoms with Gasteiger partial charge in [-0.1, -0.05) is 0 Å². The van der Waals surface area contributed by atoms with E-state index in [0.29, 0.717) is 11.1 Å². The maximum Gasteiger partial charge on any atom is 0.161 e. The molecule has 1 unspecified atom stereocenters. The van der Waals surface area contributed by atoms with Crippen molar-refractivity contribution in [1.82, 2.24) is 0 Å². The van der Waals surface area contributed by atoms with Gasteiger partial charge >= 0.3 is 0 Å². The topological polar surface area (TPSA) is 53.3 Å². The van der Waals surface area contributed by atoms with Crippen molar-refractivity contribution < 1.29 is 9.53 Å². The van der Waals surface area contributed by atoms with Gasteiger partial charge in [0.2, 0.25) is 0 Å². The molecule has 100 valence electrons. The van der Waals surface area contributed by atoms with Crippen LogP contribution >= 0.6 is 0 Å². The highest BCUT2D eigenvalue weighted by Crippen LogP contribution is 2.26. The van der Waals surface area contributed by atoms with Gasteiger partial charge in [0, 0.05) is 31.5 Å². The minimum absolute atomic E-state index is 0.0269. The molecule has 0 aromatic heterocycles. The predicted molar refractivity (Wildman–Crippen MR) is 73.4 cm³/mol. The first-order valence-electron chi connectivity index (χ1n) is 6.48. The zero-order valence-electron chi connectivity index (χ0n) is 11.3. The smallest absolute Gasteiger partial charge is 0.161 e. The Morgan fingerprint density at radius 1 is 1.53 bits per heavy atom. The van der Waals surface area contributed by atoms with Gasteiger partial charge in [-0.3, -0.25) is 4.79 Å². The van der Waals surface area contributed by atoms with E-state index in [2.05, 4.69) is 11.0 Å². The molecule has 4 heteroatoms. The zero-order valence-corrected chi connectivity index (χ0v) is 11.3. The van der Waals surface area contributed by atoms with Crippen LogP contribution in [0.15, 0.2) is 18.2 Å². The molecule has 0 amide bonds. The lowest BCUT2D eigenvalue weighted by atomic mass is 10.0. The number of Topliss-reactive ketones (excluding diaryl/α,β-unsaturated/α-hetero) is 1. The summed E-state index contributed by atoms with van der Waals surface area (Å²) in [6, 6.07) is 7.36. The number of carbonyl (C=O) groups is 1. The highest BCUT2D eigenvalue weighted by Gasteiger charge is 2.22. The number of nitrogens with zero attached hydrogens (tertiary/aromatic N) is 2. The summed E-state index contributed by atoms with van der Waals surface area (Å²) in [5, 5.41) is 9.01. The molecule has 2 rings (SSSR count). The van der Waals surface area contributed by atoms with Gasteiger partial charge < -0.3 is 9.64 Å². The van der Waals surface area contributed by atoms with E-state index in [4.69, 9.17) is 10.00 Å². The Labute approximate surface area is 113 Å². The number of benzene rings is 1. The van der Waals surface area contributed by atoms with Crippen LogP contribution < -0.4 is 4.90 Å². The van der Waals surface area contributed by atoms with Gasteiger partial charge in [-0.05, 0) is 38.0 Å². The molecule has 1 aliphatic rings. The number of carbonyl (C=O) groups excluding carboxylic acids is 1. The lowest BCUT2D eigenvalue weighted by Gasteiger charge is -2.34. The number of methoxy groups -OCH3 is 1.